The van der Waals surface area contributed by atoms with Crippen LogP contribution >= 0.6 is 0 Å². The van der Waals surface area contributed by atoms with E-state index in [4.69, 9.17) is 0 Å². The summed E-state index contributed by atoms with van der Waals surface area (Å²) in [4.78, 5) is 5.39. The van der Waals surface area contributed by atoms with Crippen molar-refractivity contribution < 1.29 is 0 Å². The molecule has 2 saturated heterocycles. The average Bonchev–Trinajstić information content (AvgIpc) is 2.86. The van der Waals surface area contributed by atoms with Crippen LogP contribution < -0.4 is 5.32 Å². The first-order valence-corrected chi connectivity index (χ1v) is 8.09. The minimum absolute atomic E-state index is 0.769. The van der Waals surface area contributed by atoms with E-state index in [0.717, 1.165) is 18.6 Å². The molecule has 0 aliphatic carbocycles. The molecule has 0 aromatic heterocycles. The first-order chi connectivity index (χ1) is 9.86. The molecule has 3 heteroatoms. The third-order valence-corrected chi connectivity index (χ3v) is 4.68. The zero-order chi connectivity index (χ0) is 13.8. The van der Waals surface area contributed by atoms with Crippen molar-refractivity contribution in [3.05, 3.63) is 35.9 Å². The average molecular weight is 273 g/mol. The molecule has 0 saturated carbocycles. The van der Waals surface area contributed by atoms with E-state index in [-0.39, 0.29) is 0 Å². The summed E-state index contributed by atoms with van der Waals surface area (Å²) in [7, 11) is 0. The van der Waals surface area contributed by atoms with E-state index >= 15 is 0 Å². The van der Waals surface area contributed by atoms with E-state index < -0.39 is 0 Å². The van der Waals surface area contributed by atoms with Gasteiger partial charge >= 0.3 is 0 Å². The van der Waals surface area contributed by atoms with Gasteiger partial charge in [0, 0.05) is 44.8 Å². The van der Waals surface area contributed by atoms with Crippen LogP contribution in [0.15, 0.2) is 30.3 Å². The summed E-state index contributed by atoms with van der Waals surface area (Å²) in [6.07, 6.45) is 2.61. The van der Waals surface area contributed by atoms with Crippen LogP contribution in [0.3, 0.4) is 0 Å². The minimum atomic E-state index is 0.769. The molecule has 110 valence electrons. The number of hydrogen-bond acceptors (Lipinski definition) is 3. The van der Waals surface area contributed by atoms with Gasteiger partial charge in [0.2, 0.25) is 0 Å². The van der Waals surface area contributed by atoms with Crippen LogP contribution in [-0.2, 0) is 6.54 Å². The predicted molar refractivity (Wildman–Crippen MR) is 83.8 cm³/mol. The monoisotopic (exact) mass is 273 g/mol. The largest absolute Gasteiger partial charge is 0.314 e. The third-order valence-electron chi connectivity index (χ3n) is 4.68. The van der Waals surface area contributed by atoms with Crippen LogP contribution in [0, 0.1) is 0 Å². The highest BCUT2D eigenvalue weighted by molar-refractivity contribution is 5.14. The van der Waals surface area contributed by atoms with Crippen molar-refractivity contribution in [1.29, 1.82) is 0 Å². The van der Waals surface area contributed by atoms with Gasteiger partial charge in [0.05, 0.1) is 0 Å². The zero-order valence-corrected chi connectivity index (χ0v) is 12.6. The van der Waals surface area contributed by atoms with Crippen molar-refractivity contribution >= 4 is 0 Å². The molecule has 1 N–H and O–H groups in total. The first-order valence-electron chi connectivity index (χ1n) is 8.09. The second-order valence-corrected chi connectivity index (χ2v) is 6.21. The lowest BCUT2D eigenvalue weighted by molar-refractivity contribution is 0.0962. The summed E-state index contributed by atoms with van der Waals surface area (Å²) in [5.41, 5.74) is 1.44. The van der Waals surface area contributed by atoms with Gasteiger partial charge in [0.1, 0.15) is 0 Å². The molecule has 20 heavy (non-hydrogen) atoms. The Morgan fingerprint density at radius 1 is 1.20 bits per heavy atom. The van der Waals surface area contributed by atoms with Crippen molar-refractivity contribution in [1.82, 2.24) is 15.1 Å². The highest BCUT2D eigenvalue weighted by Crippen LogP contribution is 2.21. The molecule has 2 aliphatic rings. The normalized spacial score (nSPS) is 24.2. The van der Waals surface area contributed by atoms with Gasteiger partial charge in [0.25, 0.3) is 0 Å². The van der Waals surface area contributed by atoms with Gasteiger partial charge in [-0.25, -0.2) is 0 Å². The maximum Gasteiger partial charge on any atom is 0.0348 e. The van der Waals surface area contributed by atoms with Gasteiger partial charge < -0.3 is 5.32 Å². The highest BCUT2D eigenvalue weighted by atomic mass is 15.3. The fraction of sp³-hybridized carbons (Fsp3) is 0.647. The summed E-state index contributed by atoms with van der Waals surface area (Å²) in [6.45, 7) is 9.54. The Hall–Kier alpha value is -0.900. The number of benzene rings is 1. The van der Waals surface area contributed by atoms with Crippen LogP contribution in [0.5, 0.6) is 0 Å². The van der Waals surface area contributed by atoms with Crippen molar-refractivity contribution in [2.75, 3.05) is 32.7 Å². The number of likely N-dealkylation sites (tertiary alicyclic amines) is 1. The smallest absolute Gasteiger partial charge is 0.0348 e. The molecule has 0 bridgehead atoms. The zero-order valence-electron chi connectivity index (χ0n) is 12.6. The van der Waals surface area contributed by atoms with Gasteiger partial charge in [0.15, 0.2) is 0 Å². The van der Waals surface area contributed by atoms with E-state index in [1.54, 1.807) is 0 Å². The standard InChI is InChI=1S/C17H27N3/c1-2-9-20(17-11-18-12-17)16-8-10-19(14-16)13-15-6-4-3-5-7-15/h3-7,16-18H,2,8-14H2,1H3. The van der Waals surface area contributed by atoms with Gasteiger partial charge in [-0.3, -0.25) is 9.80 Å². The van der Waals surface area contributed by atoms with Gasteiger partial charge in [-0.1, -0.05) is 37.3 Å². The van der Waals surface area contributed by atoms with Crippen LogP contribution in [0.2, 0.25) is 0 Å². The molecule has 0 radical (unpaired) electrons. The summed E-state index contributed by atoms with van der Waals surface area (Å²) in [5, 5.41) is 3.42. The Balaban J connectivity index is 1.55. The molecule has 3 nitrogen and oxygen atoms in total. The van der Waals surface area contributed by atoms with Gasteiger partial charge in [-0.05, 0) is 24.9 Å². The highest BCUT2D eigenvalue weighted by Gasteiger charge is 2.33. The van der Waals surface area contributed by atoms with Crippen molar-refractivity contribution in [3.8, 4) is 0 Å². The molecular weight excluding hydrogens is 246 g/mol. The Morgan fingerprint density at radius 3 is 2.65 bits per heavy atom. The number of rotatable bonds is 6. The number of nitrogens with one attached hydrogen (secondary N) is 1. The summed E-state index contributed by atoms with van der Waals surface area (Å²) < 4.78 is 0. The molecule has 2 fully saturated rings. The second kappa shape index (κ2) is 6.70. The minimum Gasteiger partial charge on any atom is -0.314 e. The van der Waals surface area contributed by atoms with E-state index in [1.807, 2.05) is 0 Å². The summed E-state index contributed by atoms with van der Waals surface area (Å²) in [6, 6.07) is 12.4. The number of nitrogens with zero attached hydrogens (tertiary/aromatic N) is 2. The van der Waals surface area contributed by atoms with E-state index in [0.29, 0.717) is 0 Å². The Bertz CT molecular complexity index is 402. The maximum atomic E-state index is 3.42. The Kier molecular flexibility index (Phi) is 4.71. The first kappa shape index (κ1) is 14.1. The lowest BCUT2D eigenvalue weighted by Gasteiger charge is -2.41. The van der Waals surface area contributed by atoms with Crippen LogP contribution in [0.4, 0.5) is 0 Å². The lowest BCUT2D eigenvalue weighted by Crippen LogP contribution is -2.60. The number of hydrogen-bond donors (Lipinski definition) is 1. The fourth-order valence-electron chi connectivity index (χ4n) is 3.50. The van der Waals surface area contributed by atoms with Gasteiger partial charge in [-0.2, -0.15) is 0 Å². The molecule has 1 atom stereocenters. The summed E-state index contributed by atoms with van der Waals surface area (Å²) in [5.74, 6) is 0. The molecule has 2 heterocycles. The van der Waals surface area contributed by atoms with E-state index in [2.05, 4.69) is 52.4 Å². The molecule has 1 unspecified atom stereocenters. The van der Waals surface area contributed by atoms with E-state index in [9.17, 15) is 0 Å². The quantitative estimate of drug-likeness (QED) is 0.854. The Labute approximate surface area is 123 Å². The van der Waals surface area contributed by atoms with Crippen LogP contribution in [0.1, 0.15) is 25.3 Å². The molecule has 1 aromatic rings. The molecular formula is C17H27N3. The van der Waals surface area contributed by atoms with E-state index in [1.165, 1.54) is 51.1 Å². The van der Waals surface area contributed by atoms with Crippen molar-refractivity contribution in [3.63, 3.8) is 0 Å². The molecule has 3 rings (SSSR count). The van der Waals surface area contributed by atoms with Crippen molar-refractivity contribution in [2.45, 2.75) is 38.4 Å². The second-order valence-electron chi connectivity index (χ2n) is 6.21. The fourth-order valence-corrected chi connectivity index (χ4v) is 3.50. The van der Waals surface area contributed by atoms with Crippen molar-refractivity contribution in [2.24, 2.45) is 0 Å². The topological polar surface area (TPSA) is 18.5 Å². The SMILES string of the molecule is CCCN(C1CNC1)C1CCN(Cc2ccccc2)C1. The molecule has 0 amide bonds. The van der Waals surface area contributed by atoms with Gasteiger partial charge in [-0.15, -0.1) is 0 Å². The lowest BCUT2D eigenvalue weighted by atomic mass is 10.1. The molecule has 2 aliphatic heterocycles. The predicted octanol–water partition coefficient (Wildman–Crippen LogP) is 1.94. The van der Waals surface area contributed by atoms with Crippen LogP contribution in [0.25, 0.3) is 0 Å². The Morgan fingerprint density at radius 2 is 2.00 bits per heavy atom. The summed E-state index contributed by atoms with van der Waals surface area (Å²) >= 11 is 0. The third kappa shape index (κ3) is 3.22. The molecule has 1 aromatic carbocycles. The maximum absolute atomic E-state index is 3.42. The van der Waals surface area contributed by atoms with Crippen LogP contribution in [-0.4, -0.2) is 54.6 Å². The molecule has 0 spiro atoms.